The molecule has 1 heterocycles. The van der Waals surface area contributed by atoms with Crippen molar-refractivity contribution >= 4 is 0 Å². The maximum absolute atomic E-state index is 12.8. The molecule has 1 aromatic heterocycles. The van der Waals surface area contributed by atoms with E-state index in [0.29, 0.717) is 12.8 Å². The van der Waals surface area contributed by atoms with Gasteiger partial charge in [0.25, 0.3) is 0 Å². The minimum atomic E-state index is -2.44. The van der Waals surface area contributed by atoms with Crippen molar-refractivity contribution in [3.63, 3.8) is 0 Å². The van der Waals surface area contributed by atoms with Crippen molar-refractivity contribution in [2.45, 2.75) is 37.5 Å². The van der Waals surface area contributed by atoms with Crippen molar-refractivity contribution in [1.82, 2.24) is 10.2 Å². The Morgan fingerprint density at radius 3 is 2.62 bits per heavy atom. The SMILES string of the molecule is FC1(F)CCC(c2cc[nH]n2)CC1. The first-order valence-corrected chi connectivity index (χ1v) is 4.55. The Kier molecular flexibility index (Phi) is 2.06. The van der Waals surface area contributed by atoms with Gasteiger partial charge in [-0.1, -0.05) is 0 Å². The van der Waals surface area contributed by atoms with Gasteiger partial charge in [-0.3, -0.25) is 5.10 Å². The molecule has 0 radical (unpaired) electrons. The highest BCUT2D eigenvalue weighted by Crippen LogP contribution is 2.39. The zero-order chi connectivity index (χ0) is 9.31. The second-order valence-corrected chi connectivity index (χ2v) is 3.63. The zero-order valence-electron chi connectivity index (χ0n) is 7.26. The van der Waals surface area contributed by atoms with Gasteiger partial charge in [-0.15, -0.1) is 0 Å². The molecule has 1 aliphatic carbocycles. The van der Waals surface area contributed by atoms with E-state index in [1.807, 2.05) is 6.07 Å². The minimum Gasteiger partial charge on any atom is -0.285 e. The summed E-state index contributed by atoms with van der Waals surface area (Å²) in [4.78, 5) is 0. The second-order valence-electron chi connectivity index (χ2n) is 3.63. The van der Waals surface area contributed by atoms with Crippen molar-refractivity contribution in [1.29, 1.82) is 0 Å². The van der Waals surface area contributed by atoms with E-state index in [2.05, 4.69) is 10.2 Å². The van der Waals surface area contributed by atoms with Crippen LogP contribution in [-0.4, -0.2) is 16.1 Å². The largest absolute Gasteiger partial charge is 0.285 e. The fourth-order valence-electron chi connectivity index (χ4n) is 1.83. The van der Waals surface area contributed by atoms with E-state index >= 15 is 0 Å². The summed E-state index contributed by atoms with van der Waals surface area (Å²) in [6, 6.07) is 1.87. The molecule has 1 saturated carbocycles. The number of halogens is 2. The van der Waals surface area contributed by atoms with Crippen LogP contribution in [0.5, 0.6) is 0 Å². The van der Waals surface area contributed by atoms with E-state index in [4.69, 9.17) is 0 Å². The topological polar surface area (TPSA) is 28.7 Å². The van der Waals surface area contributed by atoms with Crippen LogP contribution in [0.2, 0.25) is 0 Å². The van der Waals surface area contributed by atoms with Crippen molar-refractivity contribution in [3.05, 3.63) is 18.0 Å². The van der Waals surface area contributed by atoms with Crippen molar-refractivity contribution in [3.8, 4) is 0 Å². The van der Waals surface area contributed by atoms with Crippen molar-refractivity contribution in [2.75, 3.05) is 0 Å². The molecule has 1 fully saturated rings. The number of H-pyrrole nitrogens is 1. The number of nitrogens with zero attached hydrogens (tertiary/aromatic N) is 1. The third-order valence-electron chi connectivity index (χ3n) is 2.66. The van der Waals surface area contributed by atoms with Gasteiger partial charge >= 0.3 is 0 Å². The molecule has 72 valence electrons. The maximum atomic E-state index is 12.8. The summed E-state index contributed by atoms with van der Waals surface area (Å²) in [6.07, 6.45) is 2.85. The predicted octanol–water partition coefficient (Wildman–Crippen LogP) is 2.70. The second kappa shape index (κ2) is 3.09. The molecule has 13 heavy (non-hydrogen) atoms. The van der Waals surface area contributed by atoms with Gasteiger partial charge in [0.2, 0.25) is 5.92 Å². The summed E-state index contributed by atoms with van der Waals surface area (Å²) in [5.41, 5.74) is 0.926. The highest BCUT2D eigenvalue weighted by molar-refractivity contribution is 5.07. The van der Waals surface area contributed by atoms with E-state index in [0.717, 1.165) is 5.69 Å². The number of aromatic amines is 1. The molecule has 1 aromatic rings. The molecule has 2 rings (SSSR count). The van der Waals surface area contributed by atoms with Gasteiger partial charge in [0.05, 0.1) is 5.69 Å². The Morgan fingerprint density at radius 2 is 2.08 bits per heavy atom. The number of alkyl halides is 2. The quantitative estimate of drug-likeness (QED) is 0.717. The first-order valence-electron chi connectivity index (χ1n) is 4.55. The lowest BCUT2D eigenvalue weighted by atomic mass is 9.85. The smallest absolute Gasteiger partial charge is 0.248 e. The molecule has 0 saturated heterocycles. The average molecular weight is 186 g/mol. The lowest BCUT2D eigenvalue weighted by Gasteiger charge is -2.26. The Labute approximate surface area is 75.3 Å². The van der Waals surface area contributed by atoms with Gasteiger partial charge in [0.1, 0.15) is 0 Å². The first kappa shape index (κ1) is 8.66. The van der Waals surface area contributed by atoms with Crippen LogP contribution in [0.3, 0.4) is 0 Å². The standard InChI is InChI=1S/C9H12F2N2/c10-9(11)4-1-7(2-5-9)8-3-6-12-13-8/h3,6-7H,1-2,4-5H2,(H,12,13). The van der Waals surface area contributed by atoms with Gasteiger partial charge in [0.15, 0.2) is 0 Å². The molecule has 2 nitrogen and oxygen atoms in total. The van der Waals surface area contributed by atoms with E-state index in [1.54, 1.807) is 6.20 Å². The van der Waals surface area contributed by atoms with Crippen LogP contribution in [0.4, 0.5) is 8.78 Å². The van der Waals surface area contributed by atoms with Crippen molar-refractivity contribution < 1.29 is 8.78 Å². The number of aromatic nitrogens is 2. The molecule has 0 aromatic carbocycles. The average Bonchev–Trinajstić information content (AvgIpc) is 2.56. The Balaban J connectivity index is 1.99. The van der Waals surface area contributed by atoms with Crippen LogP contribution in [-0.2, 0) is 0 Å². The lowest BCUT2D eigenvalue weighted by Crippen LogP contribution is -2.23. The fraction of sp³-hybridized carbons (Fsp3) is 0.667. The van der Waals surface area contributed by atoms with Crippen LogP contribution in [0.25, 0.3) is 0 Å². The van der Waals surface area contributed by atoms with Gasteiger partial charge in [-0.2, -0.15) is 5.10 Å². The van der Waals surface area contributed by atoms with Gasteiger partial charge in [-0.25, -0.2) is 8.78 Å². The molecule has 0 amide bonds. The third kappa shape index (κ3) is 1.87. The predicted molar refractivity (Wildman–Crippen MR) is 44.7 cm³/mol. The molecule has 0 bridgehead atoms. The molecule has 4 heteroatoms. The van der Waals surface area contributed by atoms with Gasteiger partial charge in [0, 0.05) is 25.0 Å². The number of nitrogens with one attached hydrogen (secondary N) is 1. The molecule has 1 N–H and O–H groups in total. The first-order chi connectivity index (χ1) is 6.17. The molecule has 0 aliphatic heterocycles. The Morgan fingerprint density at radius 1 is 1.38 bits per heavy atom. The van der Waals surface area contributed by atoms with Gasteiger partial charge in [-0.05, 0) is 18.9 Å². The zero-order valence-corrected chi connectivity index (χ0v) is 7.26. The fourth-order valence-corrected chi connectivity index (χ4v) is 1.83. The molecule has 0 unspecified atom stereocenters. The molecule has 1 aliphatic rings. The van der Waals surface area contributed by atoms with Crippen LogP contribution < -0.4 is 0 Å². The van der Waals surface area contributed by atoms with Gasteiger partial charge < -0.3 is 0 Å². The monoisotopic (exact) mass is 186 g/mol. The van der Waals surface area contributed by atoms with E-state index in [1.165, 1.54) is 0 Å². The normalized spacial score (nSPS) is 23.2. The summed E-state index contributed by atoms with van der Waals surface area (Å²) in [6.45, 7) is 0. The molecule has 0 spiro atoms. The van der Waals surface area contributed by atoms with Crippen LogP contribution in [0.1, 0.15) is 37.3 Å². The lowest BCUT2D eigenvalue weighted by molar-refractivity contribution is -0.0384. The number of hydrogen-bond donors (Lipinski definition) is 1. The minimum absolute atomic E-state index is 0.00449. The summed E-state index contributed by atoms with van der Waals surface area (Å²) in [7, 11) is 0. The Hall–Kier alpha value is -0.930. The highest BCUT2D eigenvalue weighted by atomic mass is 19.3. The van der Waals surface area contributed by atoms with Crippen LogP contribution >= 0.6 is 0 Å². The summed E-state index contributed by atoms with van der Waals surface area (Å²) >= 11 is 0. The molecular weight excluding hydrogens is 174 g/mol. The van der Waals surface area contributed by atoms with Crippen molar-refractivity contribution in [2.24, 2.45) is 0 Å². The Bertz CT molecular complexity index is 259. The summed E-state index contributed by atoms with van der Waals surface area (Å²) in [5, 5.41) is 6.73. The number of hydrogen-bond acceptors (Lipinski definition) is 1. The third-order valence-corrected chi connectivity index (χ3v) is 2.66. The summed E-state index contributed by atoms with van der Waals surface area (Å²) in [5.74, 6) is -2.21. The highest BCUT2D eigenvalue weighted by Gasteiger charge is 2.35. The summed E-state index contributed by atoms with van der Waals surface area (Å²) < 4.78 is 25.6. The number of rotatable bonds is 1. The van der Waals surface area contributed by atoms with Crippen LogP contribution in [0.15, 0.2) is 12.3 Å². The van der Waals surface area contributed by atoms with E-state index in [9.17, 15) is 8.78 Å². The van der Waals surface area contributed by atoms with E-state index < -0.39 is 5.92 Å². The van der Waals surface area contributed by atoms with Crippen LogP contribution in [0, 0.1) is 0 Å². The maximum Gasteiger partial charge on any atom is 0.248 e. The van der Waals surface area contributed by atoms with E-state index in [-0.39, 0.29) is 18.8 Å². The molecule has 0 atom stereocenters. The molecular formula is C9H12F2N2.